The van der Waals surface area contributed by atoms with Crippen LogP contribution >= 0.6 is 0 Å². The predicted octanol–water partition coefficient (Wildman–Crippen LogP) is 1.63. The number of rotatable bonds is 2. The van der Waals surface area contributed by atoms with E-state index in [4.69, 9.17) is 0 Å². The smallest absolute Gasteiger partial charge is 0.0674 e. The van der Waals surface area contributed by atoms with E-state index < -0.39 is 0 Å². The molecule has 0 aliphatic carbocycles. The summed E-state index contributed by atoms with van der Waals surface area (Å²) in [4.78, 5) is 2.32. The minimum atomic E-state index is -0.360. The Morgan fingerprint density at radius 2 is 2.25 bits per heavy atom. The van der Waals surface area contributed by atoms with E-state index in [1.54, 1.807) is 0 Å². The molecule has 2 nitrogen and oxygen atoms in total. The lowest BCUT2D eigenvalue weighted by molar-refractivity contribution is -0.0422. The third-order valence-corrected chi connectivity index (χ3v) is 3.07. The summed E-state index contributed by atoms with van der Waals surface area (Å²) in [6.45, 7) is 5.37. The molecule has 72 valence electrons. The summed E-state index contributed by atoms with van der Waals surface area (Å²) in [6.07, 6.45) is 3.94. The Labute approximate surface area is 75.6 Å². The molecule has 0 spiro atoms. The minimum Gasteiger partial charge on any atom is -0.390 e. The molecule has 1 fully saturated rings. The van der Waals surface area contributed by atoms with Crippen LogP contribution in [0.25, 0.3) is 0 Å². The summed E-state index contributed by atoms with van der Waals surface area (Å²) in [5.74, 6) is 0. The molecule has 12 heavy (non-hydrogen) atoms. The van der Waals surface area contributed by atoms with Crippen LogP contribution in [0.2, 0.25) is 0 Å². The van der Waals surface area contributed by atoms with Gasteiger partial charge in [0.2, 0.25) is 0 Å². The van der Waals surface area contributed by atoms with Crippen LogP contribution in [0.5, 0.6) is 0 Å². The van der Waals surface area contributed by atoms with E-state index in [0.29, 0.717) is 6.04 Å². The molecule has 1 aliphatic rings. The number of aliphatic hydroxyl groups is 1. The molecule has 0 saturated carbocycles. The average molecular weight is 171 g/mol. The Hall–Kier alpha value is -0.0800. The third kappa shape index (κ3) is 2.20. The molecular formula is C10H21NO. The zero-order valence-corrected chi connectivity index (χ0v) is 8.51. The summed E-state index contributed by atoms with van der Waals surface area (Å²) in [5, 5.41) is 10.1. The van der Waals surface area contributed by atoms with Crippen molar-refractivity contribution in [2.45, 2.75) is 51.2 Å². The molecule has 0 amide bonds. The van der Waals surface area contributed by atoms with E-state index >= 15 is 0 Å². The van der Waals surface area contributed by atoms with Gasteiger partial charge in [0, 0.05) is 12.6 Å². The average Bonchev–Trinajstić information content (AvgIpc) is 1.98. The first-order valence-corrected chi connectivity index (χ1v) is 5.00. The molecular weight excluding hydrogens is 150 g/mol. The lowest BCUT2D eigenvalue weighted by atomic mass is 9.84. The Balaban J connectivity index is 2.48. The monoisotopic (exact) mass is 171 g/mol. The first kappa shape index (κ1) is 10.0. The van der Waals surface area contributed by atoms with E-state index in [1.807, 2.05) is 0 Å². The van der Waals surface area contributed by atoms with Crippen LogP contribution < -0.4 is 0 Å². The maximum absolute atomic E-state index is 10.1. The van der Waals surface area contributed by atoms with Crippen molar-refractivity contribution in [2.75, 3.05) is 13.6 Å². The third-order valence-electron chi connectivity index (χ3n) is 3.07. The van der Waals surface area contributed by atoms with Gasteiger partial charge in [-0.3, -0.25) is 0 Å². The van der Waals surface area contributed by atoms with Crippen molar-refractivity contribution < 1.29 is 5.11 Å². The second-order valence-electron chi connectivity index (χ2n) is 4.26. The maximum atomic E-state index is 10.1. The maximum Gasteiger partial charge on any atom is 0.0674 e. The fourth-order valence-electron chi connectivity index (χ4n) is 2.11. The Bertz CT molecular complexity index is 149. The fourth-order valence-corrected chi connectivity index (χ4v) is 2.11. The van der Waals surface area contributed by atoms with Gasteiger partial charge in [0.25, 0.3) is 0 Å². The predicted molar refractivity (Wildman–Crippen MR) is 51.2 cm³/mol. The van der Waals surface area contributed by atoms with Gasteiger partial charge in [0.05, 0.1) is 5.60 Å². The largest absolute Gasteiger partial charge is 0.390 e. The molecule has 1 rings (SSSR count). The van der Waals surface area contributed by atoms with E-state index in [9.17, 15) is 5.11 Å². The molecule has 2 unspecified atom stereocenters. The fraction of sp³-hybridized carbons (Fsp3) is 1.00. The zero-order valence-electron chi connectivity index (χ0n) is 8.51. The summed E-state index contributed by atoms with van der Waals surface area (Å²) >= 11 is 0. The van der Waals surface area contributed by atoms with Crippen LogP contribution in [0.15, 0.2) is 0 Å². The van der Waals surface area contributed by atoms with Crippen molar-refractivity contribution in [1.82, 2.24) is 4.90 Å². The van der Waals surface area contributed by atoms with Crippen LogP contribution in [0, 0.1) is 0 Å². The van der Waals surface area contributed by atoms with E-state index in [2.05, 4.69) is 25.8 Å². The first-order valence-electron chi connectivity index (χ1n) is 5.00. The van der Waals surface area contributed by atoms with Crippen LogP contribution in [0.4, 0.5) is 0 Å². The van der Waals surface area contributed by atoms with Gasteiger partial charge in [-0.15, -0.1) is 0 Å². The standard InChI is InChI=1S/C10H21NO/c1-4-5-10(12)6-7-11(3)9(2)8-10/h9,12H,4-8H2,1-3H3. The number of hydrogen-bond acceptors (Lipinski definition) is 2. The van der Waals surface area contributed by atoms with Gasteiger partial charge < -0.3 is 10.0 Å². The highest BCUT2D eigenvalue weighted by molar-refractivity contribution is 4.88. The summed E-state index contributed by atoms with van der Waals surface area (Å²) in [6, 6.07) is 0.537. The van der Waals surface area contributed by atoms with Gasteiger partial charge in [-0.25, -0.2) is 0 Å². The molecule has 0 aromatic carbocycles. The van der Waals surface area contributed by atoms with Crippen molar-refractivity contribution in [3.8, 4) is 0 Å². The molecule has 2 heteroatoms. The van der Waals surface area contributed by atoms with Gasteiger partial charge in [-0.05, 0) is 33.2 Å². The van der Waals surface area contributed by atoms with Crippen LogP contribution in [-0.4, -0.2) is 35.2 Å². The molecule has 1 heterocycles. The minimum absolute atomic E-state index is 0.360. The van der Waals surface area contributed by atoms with Gasteiger partial charge >= 0.3 is 0 Å². The molecule has 2 atom stereocenters. The normalized spacial score (nSPS) is 38.5. The lowest BCUT2D eigenvalue weighted by Crippen LogP contribution is -2.47. The molecule has 1 aliphatic heterocycles. The summed E-state index contributed by atoms with van der Waals surface area (Å²) < 4.78 is 0. The Morgan fingerprint density at radius 1 is 1.58 bits per heavy atom. The zero-order chi connectivity index (χ0) is 9.19. The molecule has 0 aromatic rings. The van der Waals surface area contributed by atoms with Crippen LogP contribution in [-0.2, 0) is 0 Å². The van der Waals surface area contributed by atoms with Crippen molar-refractivity contribution in [1.29, 1.82) is 0 Å². The van der Waals surface area contributed by atoms with Gasteiger partial charge in [0.15, 0.2) is 0 Å². The quantitative estimate of drug-likeness (QED) is 0.682. The molecule has 0 radical (unpaired) electrons. The molecule has 0 aromatic heterocycles. The van der Waals surface area contributed by atoms with E-state index in [1.165, 1.54) is 0 Å². The Morgan fingerprint density at radius 3 is 2.75 bits per heavy atom. The van der Waals surface area contributed by atoms with Crippen molar-refractivity contribution in [3.05, 3.63) is 0 Å². The molecule has 1 saturated heterocycles. The molecule has 0 bridgehead atoms. The van der Waals surface area contributed by atoms with Crippen molar-refractivity contribution in [2.24, 2.45) is 0 Å². The van der Waals surface area contributed by atoms with Crippen LogP contribution in [0.3, 0.4) is 0 Å². The summed E-state index contributed by atoms with van der Waals surface area (Å²) in [7, 11) is 2.14. The highest BCUT2D eigenvalue weighted by Gasteiger charge is 2.33. The topological polar surface area (TPSA) is 23.5 Å². The highest BCUT2D eigenvalue weighted by Crippen LogP contribution is 2.29. The van der Waals surface area contributed by atoms with Gasteiger partial charge in [-0.1, -0.05) is 13.3 Å². The number of nitrogens with zero attached hydrogens (tertiary/aromatic N) is 1. The highest BCUT2D eigenvalue weighted by atomic mass is 16.3. The number of hydrogen-bond donors (Lipinski definition) is 1. The van der Waals surface area contributed by atoms with Gasteiger partial charge in [-0.2, -0.15) is 0 Å². The van der Waals surface area contributed by atoms with Crippen molar-refractivity contribution in [3.63, 3.8) is 0 Å². The Kier molecular flexibility index (Phi) is 3.13. The number of likely N-dealkylation sites (tertiary alicyclic amines) is 1. The van der Waals surface area contributed by atoms with Crippen molar-refractivity contribution >= 4 is 0 Å². The second-order valence-corrected chi connectivity index (χ2v) is 4.26. The second kappa shape index (κ2) is 3.75. The lowest BCUT2D eigenvalue weighted by Gasteiger charge is -2.41. The van der Waals surface area contributed by atoms with E-state index in [-0.39, 0.29) is 5.60 Å². The van der Waals surface area contributed by atoms with Crippen LogP contribution in [0.1, 0.15) is 39.5 Å². The molecule has 1 N–H and O–H groups in total. The first-order chi connectivity index (χ1) is 5.57. The van der Waals surface area contributed by atoms with Gasteiger partial charge in [0.1, 0.15) is 0 Å². The van der Waals surface area contributed by atoms with E-state index in [0.717, 1.165) is 32.2 Å². The SMILES string of the molecule is CCCC1(O)CCN(C)C(C)C1. The number of piperidine rings is 1. The summed E-state index contributed by atoms with van der Waals surface area (Å²) in [5.41, 5.74) is -0.360.